The van der Waals surface area contributed by atoms with Gasteiger partial charge in [-0.2, -0.15) is 0 Å². The third kappa shape index (κ3) is 9.37. The first-order valence-corrected chi connectivity index (χ1v) is 27.4. The smallest absolute Gasteiger partial charge is 0.317 e. The van der Waals surface area contributed by atoms with E-state index in [0.717, 1.165) is 5.57 Å². The average molecular weight is 1090 g/mol. The molecule has 9 rings (SSSR count). The molecule has 0 spiro atoms. The van der Waals surface area contributed by atoms with Crippen LogP contribution in [0.5, 0.6) is 0 Å². The summed E-state index contributed by atoms with van der Waals surface area (Å²) in [5.41, 5.74) is -3.08. The predicted molar refractivity (Wildman–Crippen MR) is 258 cm³/mol. The van der Waals surface area contributed by atoms with Crippen LogP contribution in [0, 0.1) is 50.2 Å². The van der Waals surface area contributed by atoms with Gasteiger partial charge in [-0.05, 0) is 104 Å². The molecule has 0 unspecified atom stereocenters. The van der Waals surface area contributed by atoms with Crippen molar-refractivity contribution >= 4 is 5.97 Å². The molecule has 29 atom stereocenters. The molecular weight excluding hydrogens is 1000 g/mol. The molecule has 23 nitrogen and oxygen atoms in total. The molecule has 9 aliphatic rings. The maximum Gasteiger partial charge on any atom is 0.317 e. The molecule has 14 N–H and O–H groups in total. The number of carbonyl (C=O) groups is 1. The molecule has 0 amide bonds. The standard InChI is InChI=1S/C53H86O23/c1-22-32(58)36(62)40(66)44(71-22)75-42-33(59)25(56)19-69-46(42)74-31-11-12-49(4)28(50(31,5)21-55)10-13-51(6)29(49)9-8-23-24-16-48(2,3)14-15-53(24,30(57)17-52(23,51)7)47(68)76-45-41(67)38(64)35(61)27(73-45)20-70-43-39(65)37(63)34(60)26(18-54)72-43/h8,22,24-46,54-67H,9-21H2,1-7H3/t22-,24-,25-,26+,27+,28+,29+,30+,31-,32-,33-,34+,35+,36+,37-,38-,39+,40+,41+,42+,43+,44-,45-,46-,49-,50-,51+,52+,53+/m0/s1. The summed E-state index contributed by atoms with van der Waals surface area (Å²) >= 11 is 0. The van der Waals surface area contributed by atoms with Crippen molar-refractivity contribution in [1.82, 2.24) is 0 Å². The first-order chi connectivity index (χ1) is 35.5. The van der Waals surface area contributed by atoms with E-state index in [1.165, 1.54) is 6.92 Å². The number of allylic oxidation sites excluding steroid dienone is 2. The van der Waals surface area contributed by atoms with Crippen molar-refractivity contribution < 1.29 is 114 Å². The summed E-state index contributed by atoms with van der Waals surface area (Å²) < 4.78 is 47.4. The topological polar surface area (TPSA) is 374 Å². The third-order valence-electron chi connectivity index (χ3n) is 21.1. The van der Waals surface area contributed by atoms with Gasteiger partial charge in [-0.25, -0.2) is 0 Å². The molecule has 4 aliphatic heterocycles. The zero-order valence-electron chi connectivity index (χ0n) is 44.6. The number of aliphatic hydroxyl groups excluding tert-OH is 14. The second kappa shape index (κ2) is 21.3. The van der Waals surface area contributed by atoms with Crippen LogP contribution in [0.4, 0.5) is 0 Å². The van der Waals surface area contributed by atoms with E-state index in [0.29, 0.717) is 44.9 Å². The highest BCUT2D eigenvalue weighted by atomic mass is 16.8. The van der Waals surface area contributed by atoms with Crippen LogP contribution in [0.3, 0.4) is 0 Å². The zero-order chi connectivity index (χ0) is 55.6. The summed E-state index contributed by atoms with van der Waals surface area (Å²) in [6.45, 7) is 12.6. The molecule has 76 heavy (non-hydrogen) atoms. The molecule has 8 fully saturated rings. The zero-order valence-corrected chi connectivity index (χ0v) is 44.6. The summed E-state index contributed by atoms with van der Waals surface area (Å²) in [6.07, 6.45) is -24.9. The van der Waals surface area contributed by atoms with E-state index in [-0.39, 0.29) is 43.3 Å². The number of hydrogen-bond donors (Lipinski definition) is 14. The minimum absolute atomic E-state index is 0.0242. The van der Waals surface area contributed by atoms with Crippen molar-refractivity contribution in [1.29, 1.82) is 0 Å². The van der Waals surface area contributed by atoms with Gasteiger partial charge in [0.1, 0.15) is 90.9 Å². The normalized spacial score (nSPS) is 55.2. The largest absolute Gasteiger partial charge is 0.432 e. The van der Waals surface area contributed by atoms with Crippen LogP contribution in [0.2, 0.25) is 0 Å². The lowest BCUT2D eigenvalue weighted by Crippen LogP contribution is -2.69. The summed E-state index contributed by atoms with van der Waals surface area (Å²) in [4.78, 5) is 15.1. The SMILES string of the molecule is C[C@@H]1O[C@@H](O[C@H]2[C@H](O[C@H]3CC[C@@]4(C)[C@@H](CC[C@]5(C)[C@@H]4CC=C4[C@@H]6CC(C)(C)CC[C@]6(C(=O)O[C@@H]6O[C@H](CO[C@@H]7O[C@H](CO)[C@@H](O)[C@H](O)[C@H]7O)[C@@H](O)[C@H](O)[C@H]6O)[C@H](O)C[C@]45C)[C@]3(C)CO)OC[C@H](O)[C@@H]2O)[C@H](O)[C@H](O)[C@H]1O. The minimum Gasteiger partial charge on any atom is -0.432 e. The summed E-state index contributed by atoms with van der Waals surface area (Å²) in [5.74, 6) is -1.45. The van der Waals surface area contributed by atoms with Crippen molar-refractivity contribution in [3.63, 3.8) is 0 Å². The van der Waals surface area contributed by atoms with Gasteiger partial charge in [-0.15, -0.1) is 0 Å². The molecule has 4 saturated heterocycles. The van der Waals surface area contributed by atoms with Gasteiger partial charge in [-0.1, -0.05) is 53.2 Å². The maximum atomic E-state index is 15.1. The quantitative estimate of drug-likeness (QED) is 0.0581. The Morgan fingerprint density at radius 2 is 1.28 bits per heavy atom. The van der Waals surface area contributed by atoms with Crippen LogP contribution >= 0.6 is 0 Å². The van der Waals surface area contributed by atoms with Crippen molar-refractivity contribution in [2.45, 2.75) is 235 Å². The number of esters is 1. The van der Waals surface area contributed by atoms with Crippen LogP contribution in [0.1, 0.15) is 106 Å². The number of rotatable bonds is 11. The molecule has 0 aromatic carbocycles. The molecule has 4 heterocycles. The first kappa shape index (κ1) is 59.0. The monoisotopic (exact) mass is 1090 g/mol. The van der Waals surface area contributed by atoms with Gasteiger partial charge >= 0.3 is 5.97 Å². The van der Waals surface area contributed by atoms with Gasteiger partial charge in [0.05, 0.1) is 44.7 Å². The highest BCUT2D eigenvalue weighted by molar-refractivity contribution is 5.80. The Balaban J connectivity index is 0.946. The lowest BCUT2D eigenvalue weighted by atomic mass is 9.33. The molecule has 0 aromatic heterocycles. The summed E-state index contributed by atoms with van der Waals surface area (Å²) in [7, 11) is 0. The van der Waals surface area contributed by atoms with Gasteiger partial charge in [0.15, 0.2) is 18.9 Å². The Morgan fingerprint density at radius 3 is 1.95 bits per heavy atom. The molecular formula is C53H86O23. The van der Waals surface area contributed by atoms with Crippen molar-refractivity contribution in [3.05, 3.63) is 11.6 Å². The average Bonchev–Trinajstić information content (AvgIpc) is 3.56. The van der Waals surface area contributed by atoms with Gasteiger partial charge in [0.2, 0.25) is 6.29 Å². The van der Waals surface area contributed by atoms with Crippen LogP contribution < -0.4 is 0 Å². The Kier molecular flexibility index (Phi) is 16.5. The number of aliphatic hydroxyl groups is 14. The Labute approximate surface area is 442 Å². The molecule has 23 heteroatoms. The van der Waals surface area contributed by atoms with E-state index in [2.05, 4.69) is 40.7 Å². The van der Waals surface area contributed by atoms with E-state index in [4.69, 9.17) is 37.9 Å². The third-order valence-corrected chi connectivity index (χ3v) is 21.1. The number of fused-ring (bicyclic) bond motifs is 7. The highest BCUT2D eigenvalue weighted by Crippen LogP contribution is 2.76. The van der Waals surface area contributed by atoms with Gasteiger partial charge in [-0.3, -0.25) is 4.79 Å². The van der Waals surface area contributed by atoms with E-state index in [1.54, 1.807) is 0 Å². The molecule has 0 aromatic rings. The molecule has 4 saturated carbocycles. The molecule has 0 radical (unpaired) electrons. The van der Waals surface area contributed by atoms with Crippen molar-refractivity contribution in [2.24, 2.45) is 50.2 Å². The predicted octanol–water partition coefficient (Wildman–Crippen LogP) is -2.43. The van der Waals surface area contributed by atoms with Gasteiger partial charge in [0.25, 0.3) is 0 Å². The van der Waals surface area contributed by atoms with Crippen LogP contribution in [-0.4, -0.2) is 233 Å². The lowest BCUT2D eigenvalue weighted by Gasteiger charge is -2.72. The van der Waals surface area contributed by atoms with Crippen molar-refractivity contribution in [2.75, 3.05) is 26.4 Å². The molecule has 0 bridgehead atoms. The minimum atomic E-state index is -1.93. The summed E-state index contributed by atoms with van der Waals surface area (Å²) in [6, 6.07) is 0. The van der Waals surface area contributed by atoms with Gasteiger partial charge < -0.3 is 109 Å². The Hall–Kier alpha value is -1.63. The van der Waals surface area contributed by atoms with Crippen molar-refractivity contribution in [3.8, 4) is 0 Å². The Morgan fingerprint density at radius 1 is 0.645 bits per heavy atom. The van der Waals surface area contributed by atoms with Gasteiger partial charge in [0, 0.05) is 5.41 Å². The van der Waals surface area contributed by atoms with Crippen LogP contribution in [0.25, 0.3) is 0 Å². The number of carbonyl (C=O) groups excluding carboxylic acids is 1. The Bertz CT molecular complexity index is 2100. The van der Waals surface area contributed by atoms with E-state index < -0.39 is 181 Å². The number of ether oxygens (including phenoxy) is 8. The van der Waals surface area contributed by atoms with Crippen LogP contribution in [-0.2, 0) is 42.7 Å². The maximum absolute atomic E-state index is 15.1. The highest BCUT2D eigenvalue weighted by Gasteiger charge is 2.72. The number of hydrogen-bond acceptors (Lipinski definition) is 23. The van der Waals surface area contributed by atoms with E-state index in [1.807, 2.05) is 6.92 Å². The lowest BCUT2D eigenvalue weighted by molar-refractivity contribution is -0.365. The first-order valence-electron chi connectivity index (χ1n) is 27.4. The van der Waals surface area contributed by atoms with E-state index >= 15 is 4.79 Å². The second-order valence-corrected chi connectivity index (χ2v) is 25.8. The fraction of sp³-hybridized carbons (Fsp3) is 0.943. The van der Waals surface area contributed by atoms with Crippen LogP contribution in [0.15, 0.2) is 11.6 Å². The summed E-state index contributed by atoms with van der Waals surface area (Å²) in [5, 5.41) is 152. The van der Waals surface area contributed by atoms with E-state index in [9.17, 15) is 71.5 Å². The fourth-order valence-electron chi connectivity index (χ4n) is 16.2. The molecule has 436 valence electrons. The fourth-order valence-corrected chi connectivity index (χ4v) is 16.2. The molecule has 5 aliphatic carbocycles. The second-order valence-electron chi connectivity index (χ2n) is 25.8.